The zero-order chi connectivity index (χ0) is 31.8. The van der Waals surface area contributed by atoms with Crippen LogP contribution in [-0.2, 0) is 12.8 Å². The molecule has 0 radical (unpaired) electrons. The second-order valence-electron chi connectivity index (χ2n) is 14.2. The highest BCUT2D eigenvalue weighted by atomic mass is 15.0. The second-order valence-corrected chi connectivity index (χ2v) is 14.2. The molecule has 0 fully saturated rings. The summed E-state index contributed by atoms with van der Waals surface area (Å²) >= 11 is 0. The summed E-state index contributed by atoms with van der Waals surface area (Å²) < 4.78 is 2.57. The van der Waals surface area contributed by atoms with Crippen LogP contribution in [0.5, 0.6) is 0 Å². The normalized spacial score (nSPS) is 17.7. The number of hydrogen-bond donors (Lipinski definition) is 0. The van der Waals surface area contributed by atoms with E-state index in [1.165, 1.54) is 93.9 Å². The molecule has 49 heavy (non-hydrogen) atoms. The Morgan fingerprint density at radius 1 is 0.551 bits per heavy atom. The first-order chi connectivity index (χ1) is 24.3. The SMILES string of the molecule is C1=CC2c3cc(C4=Nc5ccccc5C4)c(-n4c5cccc6c5c5c7c(cccc7ccc54)-c4ccccc4-6)cc3CC2c2ccccc21. The standard InChI is InChI=1S/C47H30N2/c1-3-12-31-27(9-1)19-21-34-37-26-39(41-24-29-10-2-6-17-40(29)48-41)44(25-30(37)23-38(31)34)49-42-18-8-16-36-33-14-5-4-13-32(33)35-15-7-11-28-20-22-43(49)47(45(28)35)46(36)42/h1-22,25-26,34,38H,23-24H2. The average molecular weight is 623 g/mol. The smallest absolute Gasteiger partial charge is 0.0669 e. The summed E-state index contributed by atoms with van der Waals surface area (Å²) in [4.78, 5) is 5.33. The van der Waals surface area contributed by atoms with E-state index in [4.69, 9.17) is 4.99 Å². The van der Waals surface area contributed by atoms with Crippen LogP contribution in [0.25, 0.3) is 66.6 Å². The van der Waals surface area contributed by atoms with E-state index in [0.717, 1.165) is 24.2 Å². The molecule has 7 aromatic carbocycles. The number of aliphatic imine (C=N–C) groups is 1. The predicted molar refractivity (Wildman–Crippen MR) is 204 cm³/mol. The molecule has 2 heterocycles. The molecule has 0 N–H and O–H groups in total. The quantitative estimate of drug-likeness (QED) is 0.183. The molecule has 3 aliphatic carbocycles. The first-order valence-corrected chi connectivity index (χ1v) is 17.5. The highest BCUT2D eigenvalue weighted by molar-refractivity contribution is 6.30. The third-order valence-electron chi connectivity index (χ3n) is 11.8. The molecule has 2 unspecified atom stereocenters. The van der Waals surface area contributed by atoms with Crippen LogP contribution in [0.4, 0.5) is 5.69 Å². The van der Waals surface area contributed by atoms with Crippen molar-refractivity contribution in [2.24, 2.45) is 4.99 Å². The van der Waals surface area contributed by atoms with Crippen molar-refractivity contribution >= 4 is 50.1 Å². The van der Waals surface area contributed by atoms with Crippen molar-refractivity contribution in [2.75, 3.05) is 0 Å². The summed E-state index contributed by atoms with van der Waals surface area (Å²) in [5.41, 5.74) is 19.5. The molecule has 0 amide bonds. The van der Waals surface area contributed by atoms with Gasteiger partial charge in [-0.1, -0.05) is 115 Å². The van der Waals surface area contributed by atoms with E-state index in [0.29, 0.717) is 11.8 Å². The van der Waals surface area contributed by atoms with E-state index >= 15 is 0 Å². The molecule has 2 heteroatoms. The topological polar surface area (TPSA) is 17.3 Å². The third kappa shape index (κ3) is 3.38. The molecular formula is C47H30N2. The Morgan fingerprint density at radius 2 is 1.31 bits per heavy atom. The van der Waals surface area contributed by atoms with Gasteiger partial charge in [0.1, 0.15) is 0 Å². The van der Waals surface area contributed by atoms with Crippen molar-refractivity contribution in [3.8, 4) is 27.9 Å². The first kappa shape index (κ1) is 26.0. The van der Waals surface area contributed by atoms with Crippen LogP contribution in [-0.4, -0.2) is 10.3 Å². The number of nitrogens with zero attached hydrogens (tertiary/aromatic N) is 2. The van der Waals surface area contributed by atoms with Gasteiger partial charge in [-0.25, -0.2) is 0 Å². The molecule has 4 aliphatic rings. The fourth-order valence-corrected chi connectivity index (χ4v) is 9.76. The molecule has 8 aromatic rings. The van der Waals surface area contributed by atoms with Crippen LogP contribution in [0.3, 0.4) is 0 Å². The van der Waals surface area contributed by atoms with E-state index in [1.54, 1.807) is 0 Å². The summed E-state index contributed by atoms with van der Waals surface area (Å²) in [6, 6.07) is 50.0. The Labute approximate surface area is 284 Å². The van der Waals surface area contributed by atoms with E-state index in [1.807, 2.05) is 0 Å². The number of para-hydroxylation sites is 1. The fraction of sp³-hybridized carbons (Fsp3) is 0.0851. The van der Waals surface area contributed by atoms with Crippen molar-refractivity contribution in [1.29, 1.82) is 0 Å². The van der Waals surface area contributed by atoms with Crippen LogP contribution >= 0.6 is 0 Å². The van der Waals surface area contributed by atoms with Crippen molar-refractivity contribution < 1.29 is 0 Å². The number of allylic oxidation sites excluding steroid dienone is 1. The van der Waals surface area contributed by atoms with Gasteiger partial charge in [0.05, 0.1) is 28.1 Å². The summed E-state index contributed by atoms with van der Waals surface area (Å²) in [5, 5.41) is 5.33. The van der Waals surface area contributed by atoms with Crippen LogP contribution < -0.4 is 0 Å². The van der Waals surface area contributed by atoms with Gasteiger partial charge in [0, 0.05) is 28.7 Å². The molecule has 12 rings (SSSR count). The van der Waals surface area contributed by atoms with Gasteiger partial charge in [-0.15, -0.1) is 0 Å². The van der Waals surface area contributed by atoms with Gasteiger partial charge in [0.15, 0.2) is 0 Å². The minimum atomic E-state index is 0.375. The number of hydrogen-bond acceptors (Lipinski definition) is 1. The Balaban J connectivity index is 1.19. The van der Waals surface area contributed by atoms with Gasteiger partial charge < -0.3 is 4.57 Å². The lowest BCUT2D eigenvalue weighted by molar-refractivity contribution is 0.666. The van der Waals surface area contributed by atoms with E-state index in [-0.39, 0.29) is 0 Å². The molecule has 2 atom stereocenters. The molecule has 0 saturated heterocycles. The minimum Gasteiger partial charge on any atom is -0.309 e. The Bertz CT molecular complexity index is 2840. The lowest BCUT2D eigenvalue weighted by Crippen LogP contribution is -2.11. The van der Waals surface area contributed by atoms with Gasteiger partial charge >= 0.3 is 0 Å². The van der Waals surface area contributed by atoms with Gasteiger partial charge in [-0.05, 0) is 104 Å². The largest absolute Gasteiger partial charge is 0.309 e. The van der Waals surface area contributed by atoms with Crippen molar-refractivity contribution in [1.82, 2.24) is 4.57 Å². The average Bonchev–Trinajstić information content (AvgIpc) is 3.83. The maximum Gasteiger partial charge on any atom is 0.0669 e. The van der Waals surface area contributed by atoms with Crippen molar-refractivity contribution in [2.45, 2.75) is 24.7 Å². The predicted octanol–water partition coefficient (Wildman–Crippen LogP) is 11.7. The summed E-state index contributed by atoms with van der Waals surface area (Å²) in [6.07, 6.45) is 6.69. The maximum absolute atomic E-state index is 5.33. The van der Waals surface area contributed by atoms with Gasteiger partial charge in [-0.3, -0.25) is 4.99 Å². The van der Waals surface area contributed by atoms with Crippen LogP contribution in [0.1, 0.15) is 45.2 Å². The molecule has 228 valence electrons. The number of benzene rings is 7. The van der Waals surface area contributed by atoms with Crippen LogP contribution in [0, 0.1) is 0 Å². The Hall–Kier alpha value is -5.99. The summed E-state index contributed by atoms with van der Waals surface area (Å²) in [5.74, 6) is 0.834. The van der Waals surface area contributed by atoms with E-state index in [2.05, 4.69) is 150 Å². The lowest BCUT2D eigenvalue weighted by atomic mass is 9.80. The third-order valence-corrected chi connectivity index (χ3v) is 11.8. The fourth-order valence-electron chi connectivity index (χ4n) is 9.76. The molecule has 2 nitrogen and oxygen atoms in total. The highest BCUT2D eigenvalue weighted by Gasteiger charge is 2.37. The Morgan fingerprint density at radius 3 is 2.20 bits per heavy atom. The van der Waals surface area contributed by atoms with Gasteiger partial charge in [-0.2, -0.15) is 0 Å². The van der Waals surface area contributed by atoms with Crippen LogP contribution in [0.15, 0.2) is 145 Å². The van der Waals surface area contributed by atoms with E-state index in [9.17, 15) is 0 Å². The second kappa shape index (κ2) is 9.33. The molecule has 0 bridgehead atoms. The summed E-state index contributed by atoms with van der Waals surface area (Å²) in [6.45, 7) is 0. The first-order valence-electron chi connectivity index (χ1n) is 17.5. The molecular weight excluding hydrogens is 593 g/mol. The summed E-state index contributed by atoms with van der Waals surface area (Å²) in [7, 11) is 0. The number of aromatic nitrogens is 1. The van der Waals surface area contributed by atoms with Crippen molar-refractivity contribution in [3.05, 3.63) is 173 Å². The lowest BCUT2D eigenvalue weighted by Gasteiger charge is -2.24. The molecule has 1 aromatic heterocycles. The minimum absolute atomic E-state index is 0.375. The monoisotopic (exact) mass is 622 g/mol. The van der Waals surface area contributed by atoms with Gasteiger partial charge in [0.25, 0.3) is 0 Å². The molecule has 1 aliphatic heterocycles. The number of rotatable bonds is 2. The van der Waals surface area contributed by atoms with E-state index < -0.39 is 0 Å². The maximum atomic E-state index is 5.33. The molecule has 0 saturated carbocycles. The zero-order valence-electron chi connectivity index (χ0n) is 26.8. The highest BCUT2D eigenvalue weighted by Crippen LogP contribution is 2.53. The van der Waals surface area contributed by atoms with Crippen LogP contribution in [0.2, 0.25) is 0 Å². The molecule has 0 spiro atoms. The van der Waals surface area contributed by atoms with Crippen molar-refractivity contribution in [3.63, 3.8) is 0 Å². The van der Waals surface area contributed by atoms with Gasteiger partial charge in [0.2, 0.25) is 0 Å². The zero-order valence-corrected chi connectivity index (χ0v) is 26.8. The number of fused-ring (bicyclic) bond motifs is 9. The Kier molecular flexibility index (Phi) is 4.96.